The van der Waals surface area contributed by atoms with Crippen molar-refractivity contribution in [1.29, 1.82) is 0 Å². The highest BCUT2D eigenvalue weighted by Gasteiger charge is 2.26. The lowest BCUT2D eigenvalue weighted by Crippen LogP contribution is -2.29. The number of aryl methyl sites for hydroxylation is 1. The zero-order valence-electron chi connectivity index (χ0n) is 10.1. The van der Waals surface area contributed by atoms with E-state index < -0.39 is 18.2 Å². The molecule has 0 aliphatic carbocycles. The molecule has 1 aromatic rings. The van der Waals surface area contributed by atoms with Gasteiger partial charge in [-0.1, -0.05) is 31.2 Å². The van der Waals surface area contributed by atoms with E-state index in [0.717, 1.165) is 12.0 Å². The van der Waals surface area contributed by atoms with E-state index in [9.17, 15) is 15.0 Å². The minimum Gasteiger partial charge on any atom is -0.464 e. The number of carbonyl (C=O) groups is 1. The van der Waals surface area contributed by atoms with E-state index in [4.69, 9.17) is 0 Å². The fourth-order valence-electron chi connectivity index (χ4n) is 1.49. The molecule has 1 aromatic carbocycles. The molecular formula is C13H18O4. The summed E-state index contributed by atoms with van der Waals surface area (Å²) in [6.07, 6.45) is -1.89. The lowest BCUT2D eigenvalue weighted by Gasteiger charge is -2.16. The average Bonchev–Trinajstić information content (AvgIpc) is 2.37. The maximum atomic E-state index is 11.2. The Labute approximate surface area is 101 Å². The van der Waals surface area contributed by atoms with Crippen LogP contribution in [0.25, 0.3) is 0 Å². The predicted octanol–water partition coefficient (Wildman–Crippen LogP) is 1.21. The molecule has 94 valence electrons. The van der Waals surface area contributed by atoms with Crippen LogP contribution in [0.15, 0.2) is 24.3 Å². The first-order valence-corrected chi connectivity index (χ1v) is 5.71. The Balaban J connectivity index is 2.73. The summed E-state index contributed by atoms with van der Waals surface area (Å²) in [5, 5.41) is 19.4. The summed E-state index contributed by atoms with van der Waals surface area (Å²) >= 11 is 0. The van der Waals surface area contributed by atoms with Crippen molar-refractivity contribution in [2.75, 3.05) is 6.61 Å². The monoisotopic (exact) mass is 238 g/mol. The summed E-state index contributed by atoms with van der Waals surface area (Å²) in [6.45, 7) is 3.85. The van der Waals surface area contributed by atoms with Gasteiger partial charge in [-0.15, -0.1) is 0 Å². The molecule has 2 unspecified atom stereocenters. The molecule has 4 nitrogen and oxygen atoms in total. The van der Waals surface area contributed by atoms with Gasteiger partial charge < -0.3 is 14.9 Å². The Morgan fingerprint density at radius 3 is 2.29 bits per heavy atom. The van der Waals surface area contributed by atoms with Gasteiger partial charge >= 0.3 is 5.97 Å². The van der Waals surface area contributed by atoms with Crippen LogP contribution in [0.2, 0.25) is 0 Å². The molecule has 0 aliphatic heterocycles. The summed E-state index contributed by atoms with van der Waals surface area (Å²) < 4.78 is 4.64. The highest BCUT2D eigenvalue weighted by molar-refractivity contribution is 5.75. The van der Waals surface area contributed by atoms with Crippen LogP contribution >= 0.6 is 0 Å². The number of aliphatic hydroxyl groups excluding tert-OH is 2. The van der Waals surface area contributed by atoms with Crippen LogP contribution < -0.4 is 0 Å². The summed E-state index contributed by atoms with van der Waals surface area (Å²) in [5.41, 5.74) is 1.63. The van der Waals surface area contributed by atoms with Crippen LogP contribution in [0.4, 0.5) is 0 Å². The van der Waals surface area contributed by atoms with Crippen LogP contribution in [0.1, 0.15) is 31.1 Å². The maximum Gasteiger partial charge on any atom is 0.338 e. The summed E-state index contributed by atoms with van der Waals surface area (Å²) in [5.74, 6) is -0.806. The number of hydrogen-bond donors (Lipinski definition) is 2. The third-order valence-corrected chi connectivity index (χ3v) is 2.56. The molecule has 1 rings (SSSR count). The number of benzene rings is 1. The summed E-state index contributed by atoms with van der Waals surface area (Å²) in [4.78, 5) is 11.2. The molecule has 17 heavy (non-hydrogen) atoms. The van der Waals surface area contributed by atoms with E-state index in [1.54, 1.807) is 19.1 Å². The van der Waals surface area contributed by atoms with E-state index in [-0.39, 0.29) is 6.61 Å². The quantitative estimate of drug-likeness (QED) is 0.757. The van der Waals surface area contributed by atoms with Crippen molar-refractivity contribution in [2.24, 2.45) is 0 Å². The number of esters is 1. The van der Waals surface area contributed by atoms with Crippen LogP contribution in [0.3, 0.4) is 0 Å². The molecule has 0 heterocycles. The van der Waals surface area contributed by atoms with Crippen LogP contribution in [-0.4, -0.2) is 28.9 Å². The van der Waals surface area contributed by atoms with Crippen molar-refractivity contribution < 1.29 is 19.7 Å². The van der Waals surface area contributed by atoms with Crippen molar-refractivity contribution in [3.63, 3.8) is 0 Å². The Morgan fingerprint density at radius 2 is 1.82 bits per heavy atom. The second kappa shape index (κ2) is 6.37. The van der Waals surface area contributed by atoms with Gasteiger partial charge in [-0.05, 0) is 24.5 Å². The van der Waals surface area contributed by atoms with Crippen molar-refractivity contribution >= 4 is 5.97 Å². The second-order valence-electron chi connectivity index (χ2n) is 3.74. The van der Waals surface area contributed by atoms with Crippen LogP contribution in [-0.2, 0) is 16.0 Å². The Bertz CT molecular complexity index is 358. The highest BCUT2D eigenvalue weighted by atomic mass is 16.5. The standard InChI is InChI=1S/C13H18O4/c1-3-9-5-7-10(8-6-9)11(14)12(15)13(16)17-4-2/h5-8,11-12,14-15H,3-4H2,1-2H3. The predicted molar refractivity (Wildman–Crippen MR) is 63.4 cm³/mol. The molecule has 4 heteroatoms. The molecule has 0 saturated carbocycles. The zero-order valence-corrected chi connectivity index (χ0v) is 10.1. The first kappa shape index (κ1) is 13.7. The second-order valence-corrected chi connectivity index (χ2v) is 3.74. The van der Waals surface area contributed by atoms with Gasteiger partial charge in [0.1, 0.15) is 6.10 Å². The molecule has 0 aromatic heterocycles. The van der Waals surface area contributed by atoms with Crippen molar-refractivity contribution in [2.45, 2.75) is 32.5 Å². The number of hydrogen-bond acceptors (Lipinski definition) is 4. The Kier molecular flexibility index (Phi) is 5.12. The Morgan fingerprint density at radius 1 is 1.24 bits per heavy atom. The van der Waals surface area contributed by atoms with Crippen LogP contribution in [0, 0.1) is 0 Å². The van der Waals surface area contributed by atoms with Gasteiger partial charge in [0.2, 0.25) is 0 Å². The first-order chi connectivity index (χ1) is 8.10. The molecule has 2 atom stereocenters. The van der Waals surface area contributed by atoms with Gasteiger partial charge in [0.25, 0.3) is 0 Å². The maximum absolute atomic E-state index is 11.2. The van der Waals surface area contributed by atoms with E-state index in [2.05, 4.69) is 4.74 Å². The largest absolute Gasteiger partial charge is 0.464 e. The first-order valence-electron chi connectivity index (χ1n) is 5.71. The van der Waals surface area contributed by atoms with Gasteiger partial charge in [-0.3, -0.25) is 0 Å². The molecule has 0 spiro atoms. The van der Waals surface area contributed by atoms with E-state index >= 15 is 0 Å². The van der Waals surface area contributed by atoms with E-state index in [0.29, 0.717) is 5.56 Å². The van der Waals surface area contributed by atoms with Gasteiger partial charge in [-0.25, -0.2) is 4.79 Å². The van der Waals surface area contributed by atoms with Crippen molar-refractivity contribution in [3.05, 3.63) is 35.4 Å². The average molecular weight is 238 g/mol. The molecule has 2 N–H and O–H groups in total. The molecule has 0 bridgehead atoms. The van der Waals surface area contributed by atoms with Gasteiger partial charge in [0.05, 0.1) is 6.61 Å². The van der Waals surface area contributed by atoms with Gasteiger partial charge in [-0.2, -0.15) is 0 Å². The molecule has 0 fully saturated rings. The lowest BCUT2D eigenvalue weighted by atomic mass is 10.0. The number of ether oxygens (including phenoxy) is 1. The fraction of sp³-hybridized carbons (Fsp3) is 0.462. The molecule has 0 aliphatic rings. The lowest BCUT2D eigenvalue weighted by molar-refractivity contribution is -0.159. The normalized spacial score (nSPS) is 14.1. The molecular weight excluding hydrogens is 220 g/mol. The minimum atomic E-state index is -1.54. The number of aliphatic hydroxyl groups is 2. The van der Waals surface area contributed by atoms with Gasteiger partial charge in [0, 0.05) is 0 Å². The Hall–Kier alpha value is -1.39. The number of rotatable bonds is 5. The van der Waals surface area contributed by atoms with Crippen molar-refractivity contribution in [3.8, 4) is 0 Å². The smallest absolute Gasteiger partial charge is 0.338 e. The SMILES string of the molecule is CCOC(=O)C(O)C(O)c1ccc(CC)cc1. The van der Waals surface area contributed by atoms with Crippen molar-refractivity contribution in [1.82, 2.24) is 0 Å². The zero-order chi connectivity index (χ0) is 12.8. The summed E-state index contributed by atoms with van der Waals surface area (Å²) in [6, 6.07) is 7.12. The molecule has 0 saturated heterocycles. The molecule has 0 radical (unpaired) electrons. The minimum absolute atomic E-state index is 0.178. The third kappa shape index (κ3) is 3.54. The molecule has 0 amide bonds. The summed E-state index contributed by atoms with van der Waals surface area (Å²) in [7, 11) is 0. The van der Waals surface area contributed by atoms with E-state index in [1.165, 1.54) is 0 Å². The van der Waals surface area contributed by atoms with Crippen LogP contribution in [0.5, 0.6) is 0 Å². The van der Waals surface area contributed by atoms with Gasteiger partial charge in [0.15, 0.2) is 6.10 Å². The third-order valence-electron chi connectivity index (χ3n) is 2.56. The van der Waals surface area contributed by atoms with E-state index in [1.807, 2.05) is 19.1 Å². The highest BCUT2D eigenvalue weighted by Crippen LogP contribution is 2.18. The number of carbonyl (C=O) groups excluding carboxylic acids is 1. The topological polar surface area (TPSA) is 66.8 Å². The fourth-order valence-corrected chi connectivity index (χ4v) is 1.49.